The normalized spacial score (nSPS) is 13.0. The maximum atomic E-state index is 13.0. The van der Waals surface area contributed by atoms with Crippen LogP contribution in [0.15, 0.2) is 153 Å². The molecule has 7 N–H and O–H groups in total. The molecule has 0 radical (unpaired) electrons. The predicted molar refractivity (Wildman–Crippen MR) is 284 cm³/mol. The number of fused-ring (bicyclic) bond motifs is 2. The zero-order chi connectivity index (χ0) is 57.8. The van der Waals surface area contributed by atoms with Gasteiger partial charge in [-0.25, -0.2) is 0 Å². The molecule has 0 saturated heterocycles. The van der Waals surface area contributed by atoms with E-state index in [0.717, 1.165) is 24.3 Å². The second-order valence-corrected chi connectivity index (χ2v) is 24.5. The smallest absolute Gasteiger partial charge is 0.297 e. The average Bonchev–Trinajstić information content (AvgIpc) is 3.56. The Morgan fingerprint density at radius 1 is 0.430 bits per heavy atom. The molecule has 7 aromatic carbocycles. The summed E-state index contributed by atoms with van der Waals surface area (Å²) in [5, 5.41) is 53.7. The standard InChI is InChI=1S/C47H44N8O19S5/c1-26-19-39(53-55-45-44(78(67,68)69)22-29-21-31(8-11-34(29)46(45)57)49-48-30-6-9-32(56)10-7-30)27(2)18-38(26)51-54-41-20-28(3)40(25-43(41)74-15-5-17-76(61,62)63)52-50-37-13-12-35-36(47(37)79(70,71)72)23-33(77(64,65)66)24-42(35)73-14-4-16-75(58,59)60/h6-13,18-25,56-57H,4-5,14-17H2,1-3H3,(H,58,59,60)(H,61,62,63)(H,64,65,66)(H,67,68,69)(H,70,71,72). The van der Waals surface area contributed by atoms with Crippen molar-refractivity contribution in [3.8, 4) is 23.0 Å². The highest BCUT2D eigenvalue weighted by atomic mass is 32.2. The number of rotatable bonds is 21. The quantitative estimate of drug-likeness (QED) is 0.0200. The summed E-state index contributed by atoms with van der Waals surface area (Å²) in [5.41, 5.74) is 1.16. The highest BCUT2D eigenvalue weighted by Crippen LogP contribution is 2.45. The Balaban J connectivity index is 1.21. The van der Waals surface area contributed by atoms with Gasteiger partial charge in [-0.3, -0.25) is 22.8 Å². The lowest BCUT2D eigenvalue weighted by Crippen LogP contribution is -2.09. The highest BCUT2D eigenvalue weighted by molar-refractivity contribution is 7.87. The van der Waals surface area contributed by atoms with Crippen LogP contribution in [0.1, 0.15) is 29.5 Å². The van der Waals surface area contributed by atoms with Crippen molar-refractivity contribution in [3.63, 3.8) is 0 Å². The number of hydrogen-bond donors (Lipinski definition) is 7. The summed E-state index contributed by atoms with van der Waals surface area (Å²) >= 11 is 0. The third-order valence-electron chi connectivity index (χ3n) is 11.2. The van der Waals surface area contributed by atoms with Gasteiger partial charge in [0.2, 0.25) is 0 Å². The summed E-state index contributed by atoms with van der Waals surface area (Å²) in [5.74, 6) is -2.47. The van der Waals surface area contributed by atoms with Gasteiger partial charge in [0.1, 0.15) is 44.1 Å². The summed E-state index contributed by atoms with van der Waals surface area (Å²) in [4.78, 5) is -2.63. The van der Waals surface area contributed by atoms with Crippen molar-refractivity contribution in [2.75, 3.05) is 24.7 Å². The molecule has 0 amide bonds. The van der Waals surface area contributed by atoms with Gasteiger partial charge < -0.3 is 19.7 Å². The third-order valence-corrected chi connectivity index (χ3v) is 15.4. The van der Waals surface area contributed by atoms with Gasteiger partial charge in [-0.15, -0.1) is 15.3 Å². The van der Waals surface area contributed by atoms with E-state index < -0.39 is 106 Å². The minimum atomic E-state index is -5.31. The molecule has 27 nitrogen and oxygen atoms in total. The molecule has 0 aliphatic carbocycles. The zero-order valence-electron chi connectivity index (χ0n) is 41.1. The first-order chi connectivity index (χ1) is 36.8. The van der Waals surface area contributed by atoms with E-state index in [4.69, 9.17) is 14.0 Å². The fraction of sp³-hybridized carbons (Fsp3) is 0.191. The van der Waals surface area contributed by atoms with Crippen molar-refractivity contribution in [1.82, 2.24) is 0 Å². The zero-order valence-corrected chi connectivity index (χ0v) is 45.2. The van der Waals surface area contributed by atoms with Gasteiger partial charge in [-0.2, -0.15) is 67.7 Å². The van der Waals surface area contributed by atoms with Crippen molar-refractivity contribution in [2.45, 2.75) is 48.3 Å². The lowest BCUT2D eigenvalue weighted by atomic mass is 10.1. The molecule has 0 atom stereocenters. The number of hydrogen-bond acceptors (Lipinski definition) is 22. The molecule has 0 aliphatic heterocycles. The van der Waals surface area contributed by atoms with Crippen LogP contribution in [0.4, 0.5) is 45.5 Å². The van der Waals surface area contributed by atoms with Crippen LogP contribution in [0.25, 0.3) is 21.5 Å². The van der Waals surface area contributed by atoms with Crippen LogP contribution in [0.5, 0.6) is 23.0 Å². The Morgan fingerprint density at radius 3 is 1.48 bits per heavy atom. The predicted octanol–water partition coefficient (Wildman–Crippen LogP) is 11.0. The summed E-state index contributed by atoms with van der Waals surface area (Å²) in [6, 6.07) is 20.9. The van der Waals surface area contributed by atoms with Gasteiger partial charge in [-0.05, 0) is 141 Å². The van der Waals surface area contributed by atoms with Gasteiger partial charge in [0.25, 0.3) is 50.6 Å². The topological polar surface area (TPSA) is 430 Å². The molecule has 79 heavy (non-hydrogen) atoms. The molecule has 0 unspecified atom stereocenters. The number of nitrogens with zero attached hydrogens (tertiary/aromatic N) is 8. The van der Waals surface area contributed by atoms with Crippen LogP contribution < -0.4 is 9.47 Å². The van der Waals surface area contributed by atoms with Gasteiger partial charge in [-0.1, -0.05) is 0 Å². The summed E-state index contributed by atoms with van der Waals surface area (Å²) < 4.78 is 181. The number of azo groups is 4. The molecular weight excluding hydrogens is 1140 g/mol. The number of benzene rings is 7. The Kier molecular flexibility index (Phi) is 17.3. The molecule has 0 bridgehead atoms. The first kappa shape index (κ1) is 58.9. The first-order valence-corrected chi connectivity index (χ1v) is 30.1. The van der Waals surface area contributed by atoms with E-state index in [1.807, 2.05) is 0 Å². The SMILES string of the molecule is Cc1cc(N=Nc2c(S(=O)(=O)O)cc3cc(N=Nc4ccc(O)cc4)ccc3c2O)c(C)cc1N=Nc1cc(C)c(N=Nc2ccc3c(OCCCS(=O)(=O)O)cc(S(=O)(=O)O)cc3c2S(=O)(=O)O)cc1OCCCS(=O)(=O)O. The van der Waals surface area contributed by atoms with Crippen molar-refractivity contribution < 1.29 is 84.5 Å². The van der Waals surface area contributed by atoms with Crippen LogP contribution in [-0.4, -0.2) is 99.8 Å². The van der Waals surface area contributed by atoms with Crippen LogP contribution in [0.2, 0.25) is 0 Å². The summed E-state index contributed by atoms with van der Waals surface area (Å²) in [7, 11) is -24.2. The number of aromatic hydroxyl groups is 2. The molecule has 7 rings (SSSR count). The fourth-order valence-corrected chi connectivity index (χ4v) is 10.4. The Labute approximate surface area is 450 Å². The molecule has 0 heterocycles. The number of phenolic OH excluding ortho intramolecular Hbond substituents is 2. The van der Waals surface area contributed by atoms with E-state index in [2.05, 4.69) is 40.9 Å². The van der Waals surface area contributed by atoms with Gasteiger partial charge in [0.15, 0.2) is 5.75 Å². The molecule has 32 heteroatoms. The van der Waals surface area contributed by atoms with Crippen LogP contribution >= 0.6 is 0 Å². The largest absolute Gasteiger partial charge is 0.508 e. The Hall–Kier alpha value is -7.79. The monoisotopic (exact) mass is 1180 g/mol. The second kappa shape index (κ2) is 23.3. The molecule has 0 spiro atoms. The van der Waals surface area contributed by atoms with Crippen LogP contribution in [0, 0.1) is 20.8 Å². The lowest BCUT2D eigenvalue weighted by molar-refractivity contribution is 0.317. The van der Waals surface area contributed by atoms with Crippen LogP contribution in [-0.2, 0) is 50.6 Å². The highest BCUT2D eigenvalue weighted by Gasteiger charge is 2.26. The summed E-state index contributed by atoms with van der Waals surface area (Å²) in [6.45, 7) is 4.02. The van der Waals surface area contributed by atoms with E-state index in [1.165, 1.54) is 73.7 Å². The molecule has 0 aromatic heterocycles. The maximum absolute atomic E-state index is 13.0. The van der Waals surface area contributed by atoms with E-state index >= 15 is 0 Å². The van der Waals surface area contributed by atoms with Crippen molar-refractivity contribution in [3.05, 3.63) is 114 Å². The van der Waals surface area contributed by atoms with E-state index in [-0.39, 0.29) is 81.3 Å². The second-order valence-electron chi connectivity index (χ2n) is 17.2. The number of phenols is 2. The van der Waals surface area contributed by atoms with Crippen molar-refractivity contribution >= 4 is 118 Å². The van der Waals surface area contributed by atoms with E-state index in [1.54, 1.807) is 19.9 Å². The molecule has 416 valence electrons. The first-order valence-electron chi connectivity index (χ1n) is 22.6. The number of ether oxygens (including phenoxy) is 2. The van der Waals surface area contributed by atoms with Crippen LogP contribution in [0.3, 0.4) is 0 Å². The summed E-state index contributed by atoms with van der Waals surface area (Å²) in [6.07, 6.45) is -0.501. The van der Waals surface area contributed by atoms with Gasteiger partial charge >= 0.3 is 0 Å². The molecule has 0 fully saturated rings. The average molecular weight is 1190 g/mol. The minimum Gasteiger partial charge on any atom is -0.508 e. The van der Waals surface area contributed by atoms with Crippen molar-refractivity contribution in [1.29, 1.82) is 0 Å². The maximum Gasteiger partial charge on any atom is 0.297 e. The third kappa shape index (κ3) is 15.3. The molecule has 0 saturated carbocycles. The number of aryl methyl sites for hydroxylation is 3. The molecule has 0 aliphatic rings. The minimum absolute atomic E-state index is 0.0193. The van der Waals surface area contributed by atoms with E-state index in [0.29, 0.717) is 22.4 Å². The lowest BCUT2D eigenvalue weighted by Gasteiger charge is -2.14. The van der Waals surface area contributed by atoms with E-state index in [9.17, 15) is 70.5 Å². The Morgan fingerprint density at radius 2 is 0.924 bits per heavy atom. The van der Waals surface area contributed by atoms with Crippen molar-refractivity contribution in [2.24, 2.45) is 40.9 Å². The van der Waals surface area contributed by atoms with Gasteiger partial charge in [0.05, 0.1) is 58.1 Å². The Bertz CT molecular complexity index is 4290. The molecule has 7 aromatic rings. The molecular formula is C47H44N8O19S5. The van der Waals surface area contributed by atoms with Gasteiger partial charge in [0, 0.05) is 28.3 Å². The fourth-order valence-electron chi connectivity index (χ4n) is 7.42.